The number of nitrogens with zero attached hydrogens (tertiary/aromatic N) is 4. The van der Waals surface area contributed by atoms with Crippen LogP contribution in [0, 0.1) is 5.92 Å². The summed E-state index contributed by atoms with van der Waals surface area (Å²) in [5.74, 6) is 0.0370. The molecule has 0 aromatic carbocycles. The maximum Gasteiger partial charge on any atom is 0.453 e. The molecule has 0 saturated heterocycles. The number of halogens is 3. The molecule has 0 bridgehead atoms. The van der Waals surface area contributed by atoms with Crippen LogP contribution in [0.5, 0.6) is 0 Å². The molecule has 1 saturated carbocycles. The van der Waals surface area contributed by atoms with Crippen LogP contribution < -0.4 is 5.32 Å². The van der Waals surface area contributed by atoms with Crippen molar-refractivity contribution in [2.24, 2.45) is 5.92 Å². The molecule has 1 aliphatic rings. The van der Waals surface area contributed by atoms with E-state index in [1.54, 1.807) is 6.07 Å². The number of rotatable bonds is 2. The minimum absolute atomic E-state index is 0.0902. The number of nitrogens with one attached hydrogen (secondary N) is 1. The summed E-state index contributed by atoms with van der Waals surface area (Å²) in [6.07, 6.45) is 0.909. The van der Waals surface area contributed by atoms with Gasteiger partial charge in [-0.1, -0.05) is 19.8 Å². The average Bonchev–Trinajstić information content (AvgIpc) is 2.77. The van der Waals surface area contributed by atoms with E-state index in [0.717, 1.165) is 30.2 Å². The maximum absolute atomic E-state index is 12.9. The molecule has 2 atom stereocenters. The lowest BCUT2D eigenvalue weighted by Crippen LogP contribution is -2.20. The van der Waals surface area contributed by atoms with Crippen molar-refractivity contribution in [2.75, 3.05) is 5.32 Å². The van der Waals surface area contributed by atoms with Crippen LogP contribution in [0.15, 0.2) is 12.1 Å². The van der Waals surface area contributed by atoms with E-state index in [0.29, 0.717) is 11.7 Å². The Hall–Kier alpha value is -1.86. The molecule has 120 valence electrons. The van der Waals surface area contributed by atoms with Gasteiger partial charge in [0.15, 0.2) is 5.65 Å². The number of hydrogen-bond acceptors (Lipinski definition) is 4. The van der Waals surface area contributed by atoms with Gasteiger partial charge >= 0.3 is 6.18 Å². The average molecular weight is 313 g/mol. The van der Waals surface area contributed by atoms with Crippen LogP contribution in [-0.4, -0.2) is 25.9 Å². The van der Waals surface area contributed by atoms with Crippen LogP contribution in [0.2, 0.25) is 0 Å². The third kappa shape index (κ3) is 3.15. The smallest absolute Gasteiger partial charge is 0.366 e. The highest BCUT2D eigenvalue weighted by molar-refractivity contribution is 5.44. The second-order valence-electron chi connectivity index (χ2n) is 5.96. The predicted octanol–water partition coefficient (Wildman–Crippen LogP) is 3.52. The van der Waals surface area contributed by atoms with E-state index in [4.69, 9.17) is 0 Å². The van der Waals surface area contributed by atoms with Crippen molar-refractivity contribution in [3.05, 3.63) is 18.0 Å². The van der Waals surface area contributed by atoms with E-state index < -0.39 is 12.0 Å². The second kappa shape index (κ2) is 5.73. The first kappa shape index (κ1) is 15.1. The van der Waals surface area contributed by atoms with Gasteiger partial charge in [-0.3, -0.25) is 0 Å². The Kier molecular flexibility index (Phi) is 3.92. The fourth-order valence-corrected chi connectivity index (χ4v) is 2.88. The Morgan fingerprint density at radius 3 is 2.73 bits per heavy atom. The summed E-state index contributed by atoms with van der Waals surface area (Å²) in [4.78, 5) is 0. The number of anilines is 1. The van der Waals surface area contributed by atoms with E-state index in [9.17, 15) is 13.2 Å². The third-order valence-electron chi connectivity index (χ3n) is 4.13. The molecular formula is C14H18F3N5. The molecule has 1 N–H and O–H groups in total. The quantitative estimate of drug-likeness (QED) is 0.862. The second-order valence-corrected chi connectivity index (χ2v) is 5.96. The molecule has 2 aromatic rings. The fourth-order valence-electron chi connectivity index (χ4n) is 2.88. The van der Waals surface area contributed by atoms with E-state index in [1.807, 2.05) is 0 Å². The minimum atomic E-state index is -4.57. The van der Waals surface area contributed by atoms with E-state index in [2.05, 4.69) is 27.5 Å². The predicted molar refractivity (Wildman–Crippen MR) is 75.4 cm³/mol. The summed E-state index contributed by atoms with van der Waals surface area (Å²) in [6.45, 7) is 2.24. The summed E-state index contributed by atoms with van der Waals surface area (Å²) >= 11 is 0. The van der Waals surface area contributed by atoms with Crippen molar-refractivity contribution in [2.45, 2.75) is 51.2 Å². The Morgan fingerprint density at radius 1 is 1.14 bits per heavy atom. The molecule has 2 unspecified atom stereocenters. The van der Waals surface area contributed by atoms with Gasteiger partial charge in [0.05, 0.1) is 0 Å². The van der Waals surface area contributed by atoms with Crippen LogP contribution in [0.4, 0.5) is 19.0 Å². The summed E-state index contributed by atoms with van der Waals surface area (Å²) < 4.78 is 39.3. The van der Waals surface area contributed by atoms with Crippen LogP contribution in [-0.2, 0) is 6.18 Å². The molecule has 2 aromatic heterocycles. The molecule has 0 aliphatic heterocycles. The number of hydrogen-bond donors (Lipinski definition) is 1. The zero-order chi connectivity index (χ0) is 15.7. The SMILES string of the molecule is CC1CCCC(Nc2ccc3nnc(C(F)(F)F)n3n2)CC1. The molecule has 0 amide bonds. The van der Waals surface area contributed by atoms with E-state index in [-0.39, 0.29) is 11.7 Å². The minimum Gasteiger partial charge on any atom is -0.366 e. The molecule has 0 spiro atoms. The van der Waals surface area contributed by atoms with Crippen molar-refractivity contribution >= 4 is 11.5 Å². The summed E-state index contributed by atoms with van der Waals surface area (Å²) in [6, 6.07) is 3.40. The Bertz CT molecular complexity index is 651. The number of alkyl halides is 3. The zero-order valence-electron chi connectivity index (χ0n) is 12.3. The number of fused-ring (bicyclic) bond motifs is 1. The molecule has 2 heterocycles. The molecule has 5 nitrogen and oxygen atoms in total. The van der Waals surface area contributed by atoms with Gasteiger partial charge in [0.2, 0.25) is 0 Å². The topological polar surface area (TPSA) is 55.1 Å². The van der Waals surface area contributed by atoms with Crippen LogP contribution in [0.3, 0.4) is 0 Å². The molecule has 8 heteroatoms. The lowest BCUT2D eigenvalue weighted by Gasteiger charge is -2.17. The van der Waals surface area contributed by atoms with Crippen LogP contribution in [0.25, 0.3) is 5.65 Å². The largest absolute Gasteiger partial charge is 0.453 e. The Balaban J connectivity index is 1.82. The molecule has 3 rings (SSSR count). The molecular weight excluding hydrogens is 295 g/mol. The van der Waals surface area contributed by atoms with Crippen molar-refractivity contribution in [3.8, 4) is 0 Å². The van der Waals surface area contributed by atoms with Gasteiger partial charge in [0, 0.05) is 6.04 Å². The Morgan fingerprint density at radius 2 is 1.95 bits per heavy atom. The number of aromatic nitrogens is 4. The van der Waals surface area contributed by atoms with Gasteiger partial charge in [0.25, 0.3) is 5.82 Å². The van der Waals surface area contributed by atoms with Gasteiger partial charge in [0.1, 0.15) is 5.82 Å². The van der Waals surface area contributed by atoms with Crippen molar-refractivity contribution < 1.29 is 13.2 Å². The van der Waals surface area contributed by atoms with Gasteiger partial charge in [-0.2, -0.15) is 17.7 Å². The lowest BCUT2D eigenvalue weighted by molar-refractivity contribution is -0.146. The van der Waals surface area contributed by atoms with E-state index >= 15 is 0 Å². The van der Waals surface area contributed by atoms with Crippen LogP contribution in [0.1, 0.15) is 44.9 Å². The fraction of sp³-hybridized carbons (Fsp3) is 0.643. The monoisotopic (exact) mass is 313 g/mol. The first-order chi connectivity index (χ1) is 10.4. The molecule has 1 aliphatic carbocycles. The molecule has 1 fully saturated rings. The summed E-state index contributed by atoms with van der Waals surface area (Å²) in [7, 11) is 0. The highest BCUT2D eigenvalue weighted by Gasteiger charge is 2.37. The summed E-state index contributed by atoms with van der Waals surface area (Å²) in [5, 5.41) is 13.9. The Labute approximate surface area is 125 Å². The lowest BCUT2D eigenvalue weighted by atomic mass is 10.0. The maximum atomic E-state index is 12.9. The van der Waals surface area contributed by atoms with Crippen molar-refractivity contribution in [3.63, 3.8) is 0 Å². The third-order valence-corrected chi connectivity index (χ3v) is 4.13. The first-order valence-corrected chi connectivity index (χ1v) is 7.49. The summed E-state index contributed by atoms with van der Waals surface area (Å²) in [5.41, 5.74) is 0.0902. The van der Waals surface area contributed by atoms with Gasteiger partial charge in [-0.15, -0.1) is 15.3 Å². The van der Waals surface area contributed by atoms with Gasteiger partial charge in [-0.05, 0) is 37.3 Å². The molecule has 0 radical (unpaired) electrons. The zero-order valence-corrected chi connectivity index (χ0v) is 12.3. The standard InChI is InChI=1S/C14H18F3N5/c1-9-3-2-4-10(6-5-9)18-11-7-8-12-19-20-13(14(15,16)17)22(12)21-11/h7-10H,2-6H2,1H3,(H,18,21). The van der Waals surface area contributed by atoms with Crippen molar-refractivity contribution in [1.82, 2.24) is 19.8 Å². The molecule has 22 heavy (non-hydrogen) atoms. The normalized spacial score (nSPS) is 23.5. The van der Waals surface area contributed by atoms with Gasteiger partial charge in [-0.25, -0.2) is 0 Å². The highest BCUT2D eigenvalue weighted by Crippen LogP contribution is 2.28. The van der Waals surface area contributed by atoms with E-state index in [1.165, 1.54) is 12.5 Å². The van der Waals surface area contributed by atoms with Crippen LogP contribution >= 0.6 is 0 Å². The van der Waals surface area contributed by atoms with Crippen molar-refractivity contribution in [1.29, 1.82) is 0 Å². The highest BCUT2D eigenvalue weighted by atomic mass is 19.4. The first-order valence-electron chi connectivity index (χ1n) is 7.49. The van der Waals surface area contributed by atoms with Gasteiger partial charge < -0.3 is 5.32 Å².